The molecule has 2 aromatic carbocycles. The number of benzene rings is 2. The van der Waals surface area contributed by atoms with Crippen LogP contribution in [0.1, 0.15) is 5.56 Å². The van der Waals surface area contributed by atoms with E-state index in [1.54, 1.807) is 24.3 Å². The predicted octanol–water partition coefficient (Wildman–Crippen LogP) is 4.75. The summed E-state index contributed by atoms with van der Waals surface area (Å²) in [7, 11) is 1.81. The average molecular weight is 345 g/mol. The van der Waals surface area contributed by atoms with Gasteiger partial charge in [-0.05, 0) is 42.9 Å². The van der Waals surface area contributed by atoms with E-state index in [0.717, 1.165) is 10.0 Å². The van der Waals surface area contributed by atoms with Crippen LogP contribution in [0.25, 0.3) is 0 Å². The molecule has 0 heterocycles. The quantitative estimate of drug-likeness (QED) is 0.864. The van der Waals surface area contributed by atoms with Crippen LogP contribution in [-0.2, 0) is 6.54 Å². The van der Waals surface area contributed by atoms with E-state index in [-0.39, 0.29) is 5.75 Å². The molecule has 0 unspecified atom stereocenters. The molecule has 0 spiro atoms. The van der Waals surface area contributed by atoms with Crippen molar-refractivity contribution in [3.63, 3.8) is 0 Å². The predicted molar refractivity (Wildman–Crippen MR) is 78.4 cm³/mol. The summed E-state index contributed by atoms with van der Waals surface area (Å²) in [5.41, 5.74) is 0.856. The van der Waals surface area contributed by atoms with Crippen LogP contribution >= 0.6 is 27.5 Å². The van der Waals surface area contributed by atoms with Crippen LogP contribution in [0, 0.1) is 5.82 Å². The Bertz CT molecular complexity index is 592. The van der Waals surface area contributed by atoms with Crippen LogP contribution in [0.15, 0.2) is 40.9 Å². The molecule has 2 nitrogen and oxygen atoms in total. The Kier molecular flexibility index (Phi) is 4.80. The van der Waals surface area contributed by atoms with Crippen molar-refractivity contribution in [1.82, 2.24) is 5.32 Å². The molecule has 0 amide bonds. The van der Waals surface area contributed by atoms with Crippen molar-refractivity contribution in [1.29, 1.82) is 0 Å². The lowest BCUT2D eigenvalue weighted by Crippen LogP contribution is -2.05. The molecule has 2 rings (SSSR count). The number of hydrogen-bond acceptors (Lipinski definition) is 2. The van der Waals surface area contributed by atoms with Crippen molar-refractivity contribution in [3.8, 4) is 11.5 Å². The molecule has 0 bridgehead atoms. The van der Waals surface area contributed by atoms with Crippen molar-refractivity contribution in [2.45, 2.75) is 6.54 Å². The van der Waals surface area contributed by atoms with Crippen LogP contribution in [0.4, 0.5) is 4.39 Å². The summed E-state index contributed by atoms with van der Waals surface area (Å²) in [4.78, 5) is 0. The molecule has 5 heteroatoms. The Morgan fingerprint density at radius 3 is 2.58 bits per heavy atom. The highest BCUT2D eigenvalue weighted by molar-refractivity contribution is 9.10. The van der Waals surface area contributed by atoms with Crippen molar-refractivity contribution >= 4 is 27.5 Å². The zero-order valence-corrected chi connectivity index (χ0v) is 12.6. The number of hydrogen-bond donors (Lipinski definition) is 1. The largest absolute Gasteiger partial charge is 0.453 e. The summed E-state index contributed by atoms with van der Waals surface area (Å²) < 4.78 is 20.2. The standard InChI is InChI=1S/C14H12BrClFNO/c1-18-8-9-2-4-14(12(17)6-9)19-13-5-3-10(15)7-11(13)16/h2-7,18H,8H2,1H3. The smallest absolute Gasteiger partial charge is 0.166 e. The van der Waals surface area contributed by atoms with E-state index in [1.807, 2.05) is 13.1 Å². The maximum atomic E-state index is 13.9. The van der Waals surface area contributed by atoms with E-state index in [1.165, 1.54) is 6.07 Å². The lowest BCUT2D eigenvalue weighted by molar-refractivity contribution is 0.441. The van der Waals surface area contributed by atoms with E-state index < -0.39 is 5.82 Å². The van der Waals surface area contributed by atoms with E-state index in [4.69, 9.17) is 16.3 Å². The highest BCUT2D eigenvalue weighted by atomic mass is 79.9. The minimum absolute atomic E-state index is 0.157. The number of halogens is 3. The van der Waals surface area contributed by atoms with E-state index in [9.17, 15) is 4.39 Å². The Morgan fingerprint density at radius 1 is 1.21 bits per heavy atom. The van der Waals surface area contributed by atoms with Gasteiger partial charge in [-0.1, -0.05) is 33.6 Å². The third kappa shape index (κ3) is 3.69. The molecule has 0 aliphatic carbocycles. The van der Waals surface area contributed by atoms with Gasteiger partial charge in [-0.2, -0.15) is 0 Å². The van der Waals surface area contributed by atoms with Crippen molar-refractivity contribution in [2.75, 3.05) is 7.05 Å². The minimum Gasteiger partial charge on any atom is -0.453 e. The normalized spacial score (nSPS) is 10.5. The van der Waals surface area contributed by atoms with Gasteiger partial charge in [-0.15, -0.1) is 0 Å². The van der Waals surface area contributed by atoms with Gasteiger partial charge < -0.3 is 10.1 Å². The first kappa shape index (κ1) is 14.3. The zero-order valence-electron chi connectivity index (χ0n) is 10.2. The summed E-state index contributed by atoms with van der Waals surface area (Å²) >= 11 is 9.33. The molecule has 0 saturated carbocycles. The van der Waals surface area contributed by atoms with Crippen LogP contribution in [-0.4, -0.2) is 7.05 Å². The monoisotopic (exact) mass is 343 g/mol. The second kappa shape index (κ2) is 6.37. The first-order valence-electron chi connectivity index (χ1n) is 5.66. The zero-order chi connectivity index (χ0) is 13.8. The van der Waals surface area contributed by atoms with E-state index in [0.29, 0.717) is 17.3 Å². The van der Waals surface area contributed by atoms with Gasteiger partial charge >= 0.3 is 0 Å². The molecule has 0 aromatic heterocycles. The Labute approximate surface area is 124 Å². The van der Waals surface area contributed by atoms with Crippen LogP contribution in [0.5, 0.6) is 11.5 Å². The third-order valence-corrected chi connectivity index (χ3v) is 3.28. The van der Waals surface area contributed by atoms with Crippen LogP contribution < -0.4 is 10.1 Å². The van der Waals surface area contributed by atoms with Gasteiger partial charge in [-0.25, -0.2) is 4.39 Å². The SMILES string of the molecule is CNCc1ccc(Oc2ccc(Br)cc2Cl)c(F)c1. The fraction of sp³-hybridized carbons (Fsp3) is 0.143. The van der Waals surface area contributed by atoms with E-state index >= 15 is 0 Å². The minimum atomic E-state index is -0.410. The average Bonchev–Trinajstić information content (AvgIpc) is 2.36. The molecule has 0 aliphatic rings. The molecule has 0 aliphatic heterocycles. The van der Waals surface area contributed by atoms with Gasteiger partial charge in [0.2, 0.25) is 0 Å². The number of rotatable bonds is 4. The molecule has 1 N–H and O–H groups in total. The molecule has 2 aromatic rings. The summed E-state index contributed by atoms with van der Waals surface area (Å²) in [5.74, 6) is 0.168. The highest BCUT2D eigenvalue weighted by Crippen LogP contribution is 2.32. The molecular formula is C14H12BrClFNO. The van der Waals surface area contributed by atoms with Crippen LogP contribution in [0.2, 0.25) is 5.02 Å². The molecule has 100 valence electrons. The lowest BCUT2D eigenvalue weighted by Gasteiger charge is -2.10. The molecule has 0 radical (unpaired) electrons. The van der Waals surface area contributed by atoms with Crippen LogP contribution in [0.3, 0.4) is 0 Å². The van der Waals surface area contributed by atoms with Gasteiger partial charge in [0.05, 0.1) is 5.02 Å². The summed E-state index contributed by atoms with van der Waals surface area (Å²) in [5, 5.41) is 3.39. The van der Waals surface area contributed by atoms with Gasteiger partial charge in [-0.3, -0.25) is 0 Å². The Balaban J connectivity index is 2.23. The fourth-order valence-corrected chi connectivity index (χ4v) is 2.33. The van der Waals surface area contributed by atoms with Crippen molar-refractivity contribution in [3.05, 3.63) is 57.3 Å². The third-order valence-electron chi connectivity index (χ3n) is 2.49. The maximum absolute atomic E-state index is 13.9. The molecule has 0 saturated heterocycles. The Hall–Kier alpha value is -1.10. The topological polar surface area (TPSA) is 21.3 Å². The van der Waals surface area contributed by atoms with Gasteiger partial charge in [0.15, 0.2) is 11.6 Å². The first-order valence-corrected chi connectivity index (χ1v) is 6.83. The highest BCUT2D eigenvalue weighted by Gasteiger charge is 2.08. The fourth-order valence-electron chi connectivity index (χ4n) is 1.62. The Morgan fingerprint density at radius 2 is 1.95 bits per heavy atom. The first-order chi connectivity index (χ1) is 9.10. The van der Waals surface area contributed by atoms with Crippen molar-refractivity contribution in [2.24, 2.45) is 0 Å². The molecule has 19 heavy (non-hydrogen) atoms. The molecular weight excluding hydrogens is 333 g/mol. The van der Waals surface area contributed by atoms with Gasteiger partial charge in [0, 0.05) is 11.0 Å². The summed E-state index contributed by atoms with van der Waals surface area (Å²) in [6.45, 7) is 0.607. The summed E-state index contributed by atoms with van der Waals surface area (Å²) in [6.07, 6.45) is 0. The second-order valence-electron chi connectivity index (χ2n) is 3.97. The van der Waals surface area contributed by atoms with E-state index in [2.05, 4.69) is 21.2 Å². The van der Waals surface area contributed by atoms with Gasteiger partial charge in [0.1, 0.15) is 5.75 Å². The maximum Gasteiger partial charge on any atom is 0.166 e. The summed E-state index contributed by atoms with van der Waals surface area (Å²) in [6, 6.07) is 10.0. The second-order valence-corrected chi connectivity index (χ2v) is 5.29. The van der Waals surface area contributed by atoms with Crippen molar-refractivity contribution < 1.29 is 9.13 Å². The molecule has 0 fully saturated rings. The number of ether oxygens (including phenoxy) is 1. The molecule has 0 atom stereocenters. The van der Waals surface area contributed by atoms with Gasteiger partial charge in [0.25, 0.3) is 0 Å². The number of nitrogens with one attached hydrogen (secondary N) is 1. The lowest BCUT2D eigenvalue weighted by atomic mass is 10.2.